The molecule has 0 amide bonds. The molecule has 1 atom stereocenters. The summed E-state index contributed by atoms with van der Waals surface area (Å²) in [6.07, 6.45) is 2.41. The highest BCUT2D eigenvalue weighted by atomic mass is 32.1. The molecule has 2 aromatic rings. The van der Waals surface area contributed by atoms with Gasteiger partial charge in [-0.25, -0.2) is 0 Å². The van der Waals surface area contributed by atoms with Crippen molar-refractivity contribution in [3.8, 4) is 10.6 Å². The molecule has 2 heterocycles. The summed E-state index contributed by atoms with van der Waals surface area (Å²) in [5, 5.41) is 22.2. The Hall–Kier alpha value is -1.17. The highest BCUT2D eigenvalue weighted by Gasteiger charge is 2.20. The smallest absolute Gasteiger partial charge is 0.0794 e. The van der Waals surface area contributed by atoms with Crippen LogP contribution in [0.2, 0.25) is 0 Å². The molecule has 0 aromatic carbocycles. The van der Waals surface area contributed by atoms with E-state index in [9.17, 15) is 5.11 Å². The van der Waals surface area contributed by atoms with Crippen molar-refractivity contribution >= 4 is 11.3 Å². The van der Waals surface area contributed by atoms with Gasteiger partial charge in [0.1, 0.15) is 0 Å². The van der Waals surface area contributed by atoms with Crippen molar-refractivity contribution in [2.24, 2.45) is 5.41 Å². The van der Waals surface area contributed by atoms with Crippen molar-refractivity contribution in [3.63, 3.8) is 0 Å². The van der Waals surface area contributed by atoms with Crippen LogP contribution >= 0.6 is 11.3 Å². The first kappa shape index (κ1) is 15.2. The third kappa shape index (κ3) is 4.16. The molecule has 2 rings (SSSR count). The summed E-state index contributed by atoms with van der Waals surface area (Å²) in [6.45, 7) is 7.83. The molecule has 2 aromatic heterocycles. The Balaban J connectivity index is 1.91. The SMILES string of the molecule is CC(O)CC(C)(C)CNCc1cn[nH]c1-c1cccs1. The van der Waals surface area contributed by atoms with Gasteiger partial charge in [-0.2, -0.15) is 5.10 Å². The molecule has 0 saturated carbocycles. The molecule has 1 unspecified atom stereocenters. The third-order valence-corrected chi connectivity index (χ3v) is 4.14. The van der Waals surface area contributed by atoms with Gasteiger partial charge in [-0.1, -0.05) is 19.9 Å². The lowest BCUT2D eigenvalue weighted by molar-refractivity contribution is 0.128. The summed E-state index contributed by atoms with van der Waals surface area (Å²) in [5.74, 6) is 0. The highest BCUT2D eigenvalue weighted by molar-refractivity contribution is 7.13. The van der Waals surface area contributed by atoms with Crippen molar-refractivity contribution in [2.45, 2.75) is 39.8 Å². The number of H-pyrrole nitrogens is 1. The van der Waals surface area contributed by atoms with Gasteiger partial charge >= 0.3 is 0 Å². The van der Waals surface area contributed by atoms with E-state index in [1.54, 1.807) is 11.3 Å². The van der Waals surface area contributed by atoms with Crippen LogP contribution in [0.25, 0.3) is 10.6 Å². The van der Waals surface area contributed by atoms with Gasteiger partial charge in [-0.3, -0.25) is 5.10 Å². The number of aliphatic hydroxyl groups is 1. The lowest BCUT2D eigenvalue weighted by Crippen LogP contribution is -2.31. The van der Waals surface area contributed by atoms with E-state index < -0.39 is 0 Å². The van der Waals surface area contributed by atoms with Crippen LogP contribution in [0.1, 0.15) is 32.8 Å². The van der Waals surface area contributed by atoms with E-state index >= 15 is 0 Å². The number of aliphatic hydroxyl groups excluding tert-OH is 1. The van der Waals surface area contributed by atoms with Crippen LogP contribution in [-0.2, 0) is 6.54 Å². The Bertz CT molecular complexity index is 517. The Kier molecular flexibility index (Phi) is 4.96. The lowest BCUT2D eigenvalue weighted by atomic mass is 9.87. The van der Waals surface area contributed by atoms with Crippen LogP contribution in [0.4, 0.5) is 0 Å². The van der Waals surface area contributed by atoms with Crippen LogP contribution < -0.4 is 5.32 Å². The fourth-order valence-electron chi connectivity index (χ4n) is 2.49. The van der Waals surface area contributed by atoms with Crippen LogP contribution in [0.5, 0.6) is 0 Å². The van der Waals surface area contributed by atoms with E-state index in [1.807, 2.05) is 19.2 Å². The zero-order valence-corrected chi connectivity index (χ0v) is 13.1. The maximum Gasteiger partial charge on any atom is 0.0794 e. The van der Waals surface area contributed by atoms with E-state index in [2.05, 4.69) is 40.8 Å². The normalized spacial score (nSPS) is 13.6. The third-order valence-electron chi connectivity index (χ3n) is 3.25. The molecule has 4 nitrogen and oxygen atoms in total. The van der Waals surface area contributed by atoms with Crippen LogP contribution in [0, 0.1) is 5.41 Å². The van der Waals surface area contributed by atoms with E-state index in [-0.39, 0.29) is 11.5 Å². The first-order chi connectivity index (χ1) is 9.48. The molecule has 0 fully saturated rings. The standard InChI is InChI=1S/C15H23N3OS/c1-11(19)7-15(2,3)10-16-8-12-9-17-18-14(12)13-5-4-6-20-13/h4-6,9,11,16,19H,7-8,10H2,1-3H3,(H,17,18). The molecular weight excluding hydrogens is 270 g/mol. The molecule has 20 heavy (non-hydrogen) atoms. The summed E-state index contributed by atoms with van der Waals surface area (Å²) in [4.78, 5) is 1.21. The highest BCUT2D eigenvalue weighted by Crippen LogP contribution is 2.26. The predicted octanol–water partition coefficient (Wildman–Crippen LogP) is 3.02. The first-order valence-corrected chi connectivity index (χ1v) is 7.81. The van der Waals surface area contributed by atoms with Gasteiger partial charge in [-0.15, -0.1) is 11.3 Å². The van der Waals surface area contributed by atoms with E-state index in [1.165, 1.54) is 10.4 Å². The summed E-state index contributed by atoms with van der Waals surface area (Å²) < 4.78 is 0. The summed E-state index contributed by atoms with van der Waals surface area (Å²) in [5.41, 5.74) is 2.36. The summed E-state index contributed by atoms with van der Waals surface area (Å²) in [6, 6.07) is 4.14. The van der Waals surface area contributed by atoms with Crippen LogP contribution in [0.15, 0.2) is 23.7 Å². The van der Waals surface area contributed by atoms with Crippen molar-refractivity contribution in [2.75, 3.05) is 6.54 Å². The Morgan fingerprint density at radius 3 is 2.95 bits per heavy atom. The Morgan fingerprint density at radius 2 is 2.30 bits per heavy atom. The monoisotopic (exact) mass is 293 g/mol. The second-order valence-corrected chi connectivity index (χ2v) is 7.02. The van der Waals surface area contributed by atoms with Crippen LogP contribution in [0.3, 0.4) is 0 Å². The van der Waals surface area contributed by atoms with Gasteiger partial charge in [0, 0.05) is 18.7 Å². The number of nitrogens with one attached hydrogen (secondary N) is 2. The largest absolute Gasteiger partial charge is 0.393 e. The minimum absolute atomic E-state index is 0.0843. The second kappa shape index (κ2) is 6.52. The molecule has 0 aliphatic carbocycles. The minimum atomic E-state index is -0.262. The van der Waals surface area contributed by atoms with E-state index in [0.29, 0.717) is 0 Å². The molecular formula is C15H23N3OS. The fraction of sp³-hybridized carbons (Fsp3) is 0.533. The molecule has 0 radical (unpaired) electrons. The molecule has 5 heteroatoms. The minimum Gasteiger partial charge on any atom is -0.393 e. The molecule has 0 aliphatic rings. The van der Waals surface area contributed by atoms with Gasteiger partial charge in [0.15, 0.2) is 0 Å². The number of aromatic nitrogens is 2. The van der Waals surface area contributed by atoms with Gasteiger partial charge < -0.3 is 10.4 Å². The van der Waals surface area contributed by atoms with Crippen molar-refractivity contribution in [1.29, 1.82) is 0 Å². The van der Waals surface area contributed by atoms with Crippen molar-refractivity contribution < 1.29 is 5.11 Å². The van der Waals surface area contributed by atoms with Crippen molar-refractivity contribution in [1.82, 2.24) is 15.5 Å². The van der Waals surface area contributed by atoms with E-state index in [0.717, 1.165) is 25.2 Å². The fourth-order valence-corrected chi connectivity index (χ4v) is 3.24. The summed E-state index contributed by atoms with van der Waals surface area (Å²) >= 11 is 1.71. The average molecular weight is 293 g/mol. The van der Waals surface area contributed by atoms with Gasteiger partial charge in [0.05, 0.1) is 22.9 Å². The quantitative estimate of drug-likeness (QED) is 0.735. The number of hydrogen-bond acceptors (Lipinski definition) is 4. The average Bonchev–Trinajstić information content (AvgIpc) is 2.95. The van der Waals surface area contributed by atoms with Gasteiger partial charge in [0.25, 0.3) is 0 Å². The number of thiophene rings is 1. The maximum absolute atomic E-state index is 9.50. The Morgan fingerprint density at radius 1 is 1.50 bits per heavy atom. The first-order valence-electron chi connectivity index (χ1n) is 6.93. The topological polar surface area (TPSA) is 60.9 Å². The summed E-state index contributed by atoms with van der Waals surface area (Å²) in [7, 11) is 0. The number of aromatic amines is 1. The lowest BCUT2D eigenvalue weighted by Gasteiger charge is -2.26. The van der Waals surface area contributed by atoms with Crippen LogP contribution in [-0.4, -0.2) is 28.0 Å². The molecule has 0 bridgehead atoms. The molecule has 0 aliphatic heterocycles. The van der Waals surface area contributed by atoms with Gasteiger partial charge in [-0.05, 0) is 30.2 Å². The van der Waals surface area contributed by atoms with E-state index in [4.69, 9.17) is 0 Å². The zero-order valence-electron chi connectivity index (χ0n) is 12.3. The number of hydrogen-bond donors (Lipinski definition) is 3. The maximum atomic E-state index is 9.50. The molecule has 0 saturated heterocycles. The second-order valence-electron chi connectivity index (χ2n) is 6.07. The number of nitrogens with zero attached hydrogens (tertiary/aromatic N) is 1. The van der Waals surface area contributed by atoms with Crippen molar-refractivity contribution in [3.05, 3.63) is 29.3 Å². The zero-order chi connectivity index (χ0) is 14.6. The molecule has 3 N–H and O–H groups in total. The van der Waals surface area contributed by atoms with Gasteiger partial charge in [0.2, 0.25) is 0 Å². The number of rotatable bonds is 7. The molecule has 110 valence electrons. The Labute approximate surface area is 124 Å². The molecule has 0 spiro atoms. The predicted molar refractivity (Wildman–Crippen MR) is 83.7 cm³/mol.